The van der Waals surface area contributed by atoms with E-state index < -0.39 is 30.1 Å². The van der Waals surface area contributed by atoms with Crippen LogP contribution in [0.4, 0.5) is 0 Å². The van der Waals surface area contributed by atoms with E-state index in [9.17, 15) is 4.79 Å². The molecular formula is C10H14O6. The number of ether oxygens (including phenoxy) is 5. The Morgan fingerprint density at radius 1 is 1.44 bits per heavy atom. The van der Waals surface area contributed by atoms with Crippen LogP contribution in [0.3, 0.4) is 0 Å². The van der Waals surface area contributed by atoms with Crippen LogP contribution in [0.15, 0.2) is 0 Å². The first-order valence-electron chi connectivity index (χ1n) is 5.21. The first-order valence-corrected chi connectivity index (χ1v) is 5.21. The van der Waals surface area contributed by atoms with E-state index in [1.54, 1.807) is 13.8 Å². The van der Waals surface area contributed by atoms with E-state index in [0.29, 0.717) is 0 Å². The van der Waals surface area contributed by atoms with Gasteiger partial charge in [-0.25, -0.2) is 0 Å². The van der Waals surface area contributed by atoms with Crippen molar-refractivity contribution in [1.82, 2.24) is 0 Å². The normalized spacial score (nSPS) is 49.4. The summed E-state index contributed by atoms with van der Waals surface area (Å²) in [5.41, 5.74) is 0. The third-order valence-corrected chi connectivity index (χ3v) is 3.06. The van der Waals surface area contributed by atoms with Gasteiger partial charge in [0.1, 0.15) is 6.61 Å². The molecule has 0 radical (unpaired) electrons. The van der Waals surface area contributed by atoms with Gasteiger partial charge in [0.05, 0.1) is 0 Å². The van der Waals surface area contributed by atoms with Crippen molar-refractivity contribution in [1.29, 1.82) is 0 Å². The van der Waals surface area contributed by atoms with Crippen LogP contribution < -0.4 is 0 Å². The molecule has 6 heteroatoms. The predicted molar refractivity (Wildman–Crippen MR) is 49.4 cm³/mol. The molecule has 6 nitrogen and oxygen atoms in total. The zero-order valence-corrected chi connectivity index (χ0v) is 9.39. The van der Waals surface area contributed by atoms with Crippen LogP contribution in [0.2, 0.25) is 0 Å². The van der Waals surface area contributed by atoms with Crippen molar-refractivity contribution in [3.05, 3.63) is 0 Å². The van der Waals surface area contributed by atoms with Gasteiger partial charge in [0.15, 0.2) is 30.1 Å². The SMILES string of the molecule is CO[C@H]1O[C@@H]2C(=O)CO[C@@]23OC(C)(C)O[C@@H]13. The average molecular weight is 230 g/mol. The van der Waals surface area contributed by atoms with Gasteiger partial charge in [0.2, 0.25) is 5.79 Å². The molecule has 0 amide bonds. The molecule has 3 heterocycles. The minimum atomic E-state index is -1.12. The molecule has 0 unspecified atom stereocenters. The van der Waals surface area contributed by atoms with Crippen molar-refractivity contribution in [3.8, 4) is 0 Å². The minimum Gasteiger partial charge on any atom is -0.353 e. The summed E-state index contributed by atoms with van der Waals surface area (Å²) in [6, 6.07) is 0. The Kier molecular flexibility index (Phi) is 2.01. The van der Waals surface area contributed by atoms with Crippen LogP contribution >= 0.6 is 0 Å². The predicted octanol–water partition coefficient (Wildman–Crippen LogP) is -0.195. The lowest BCUT2D eigenvalue weighted by molar-refractivity contribution is -0.262. The molecule has 3 rings (SSSR count). The lowest BCUT2D eigenvalue weighted by atomic mass is 10.1. The van der Waals surface area contributed by atoms with Gasteiger partial charge >= 0.3 is 0 Å². The maximum absolute atomic E-state index is 11.6. The number of rotatable bonds is 1. The molecule has 0 aromatic carbocycles. The topological polar surface area (TPSA) is 63.2 Å². The van der Waals surface area contributed by atoms with Gasteiger partial charge in [-0.2, -0.15) is 0 Å². The molecule has 3 fully saturated rings. The van der Waals surface area contributed by atoms with E-state index in [4.69, 9.17) is 23.7 Å². The molecule has 0 saturated carbocycles. The van der Waals surface area contributed by atoms with Crippen LogP contribution in [0.1, 0.15) is 13.8 Å². The van der Waals surface area contributed by atoms with Gasteiger partial charge in [0, 0.05) is 7.11 Å². The van der Waals surface area contributed by atoms with E-state index >= 15 is 0 Å². The van der Waals surface area contributed by atoms with Crippen molar-refractivity contribution < 1.29 is 28.5 Å². The first-order chi connectivity index (χ1) is 7.48. The summed E-state index contributed by atoms with van der Waals surface area (Å²) >= 11 is 0. The van der Waals surface area contributed by atoms with Crippen LogP contribution in [-0.4, -0.2) is 49.6 Å². The molecule has 3 aliphatic rings. The Labute approximate surface area is 92.7 Å². The number of carbonyl (C=O) groups excluding carboxylic acids is 1. The average Bonchev–Trinajstić information content (AvgIpc) is 2.73. The Bertz CT molecular complexity index is 340. The highest BCUT2D eigenvalue weighted by molar-refractivity contribution is 5.88. The van der Waals surface area contributed by atoms with Crippen LogP contribution in [-0.2, 0) is 28.5 Å². The molecule has 0 aliphatic carbocycles. The van der Waals surface area contributed by atoms with Gasteiger partial charge in [0.25, 0.3) is 0 Å². The van der Waals surface area contributed by atoms with Crippen LogP contribution in [0, 0.1) is 0 Å². The molecule has 16 heavy (non-hydrogen) atoms. The summed E-state index contributed by atoms with van der Waals surface area (Å²) in [6.45, 7) is 3.54. The van der Waals surface area contributed by atoms with E-state index in [-0.39, 0.29) is 12.4 Å². The summed E-state index contributed by atoms with van der Waals surface area (Å²) in [7, 11) is 1.50. The maximum atomic E-state index is 11.6. The number of carbonyl (C=O) groups is 1. The summed E-state index contributed by atoms with van der Waals surface area (Å²) in [5.74, 6) is -2.05. The maximum Gasteiger partial charge on any atom is 0.237 e. The Morgan fingerprint density at radius 3 is 2.88 bits per heavy atom. The lowest BCUT2D eigenvalue weighted by Crippen LogP contribution is -2.46. The molecule has 4 atom stereocenters. The van der Waals surface area contributed by atoms with Crippen molar-refractivity contribution in [3.63, 3.8) is 0 Å². The monoisotopic (exact) mass is 230 g/mol. The first kappa shape index (κ1) is 10.6. The molecule has 1 spiro atoms. The molecule has 0 bridgehead atoms. The summed E-state index contributed by atoms with van der Waals surface area (Å²) in [6.07, 6.45) is -1.90. The second-order valence-corrected chi connectivity index (χ2v) is 4.64. The number of ketones is 1. The lowest BCUT2D eigenvalue weighted by Gasteiger charge is -2.24. The molecule has 90 valence electrons. The standard InChI is InChI=1S/C10H14O6/c1-9(2)15-7-8(12-3)14-6-5(11)4-13-10(6,7)16-9/h6-8H,4H2,1-3H3/t6-,7+,8+,10-/m1/s1. The molecule has 0 aromatic heterocycles. The quantitative estimate of drug-likeness (QED) is 0.622. The summed E-state index contributed by atoms with van der Waals surface area (Å²) in [4.78, 5) is 11.6. The summed E-state index contributed by atoms with van der Waals surface area (Å²) in [5, 5.41) is 0. The second kappa shape index (κ2) is 3.02. The van der Waals surface area contributed by atoms with Crippen molar-refractivity contribution in [2.75, 3.05) is 13.7 Å². The summed E-state index contributed by atoms with van der Waals surface area (Å²) < 4.78 is 27.5. The Hall–Kier alpha value is -0.530. The third-order valence-electron chi connectivity index (χ3n) is 3.06. The fourth-order valence-electron chi connectivity index (χ4n) is 2.53. The highest BCUT2D eigenvalue weighted by atomic mass is 16.9. The van der Waals surface area contributed by atoms with Crippen molar-refractivity contribution >= 4 is 5.78 Å². The van der Waals surface area contributed by atoms with Crippen molar-refractivity contribution in [2.45, 2.75) is 43.9 Å². The molecule has 0 aromatic rings. The minimum absolute atomic E-state index is 0.00294. The zero-order valence-electron chi connectivity index (χ0n) is 9.39. The van der Waals surface area contributed by atoms with Crippen LogP contribution in [0.25, 0.3) is 0 Å². The Morgan fingerprint density at radius 2 is 2.19 bits per heavy atom. The van der Waals surface area contributed by atoms with E-state index in [1.807, 2.05) is 0 Å². The number of hydrogen-bond donors (Lipinski definition) is 0. The number of methoxy groups -OCH3 is 1. The van der Waals surface area contributed by atoms with Gasteiger partial charge in [-0.15, -0.1) is 0 Å². The Balaban J connectivity index is 1.99. The fraction of sp³-hybridized carbons (Fsp3) is 0.900. The largest absolute Gasteiger partial charge is 0.353 e. The van der Waals surface area contributed by atoms with E-state index in [1.165, 1.54) is 7.11 Å². The van der Waals surface area contributed by atoms with Gasteiger partial charge < -0.3 is 23.7 Å². The van der Waals surface area contributed by atoms with Gasteiger partial charge in [-0.3, -0.25) is 4.79 Å². The zero-order chi connectivity index (χ0) is 11.6. The van der Waals surface area contributed by atoms with E-state index in [2.05, 4.69) is 0 Å². The smallest absolute Gasteiger partial charge is 0.237 e. The van der Waals surface area contributed by atoms with Crippen LogP contribution in [0.5, 0.6) is 0 Å². The molecule has 0 N–H and O–H groups in total. The highest BCUT2D eigenvalue weighted by Gasteiger charge is 2.72. The fourth-order valence-corrected chi connectivity index (χ4v) is 2.53. The van der Waals surface area contributed by atoms with Gasteiger partial charge in [-0.05, 0) is 13.8 Å². The molecule has 3 saturated heterocycles. The van der Waals surface area contributed by atoms with E-state index in [0.717, 1.165) is 0 Å². The molecular weight excluding hydrogens is 216 g/mol. The second-order valence-electron chi connectivity index (χ2n) is 4.64. The third kappa shape index (κ3) is 1.16. The van der Waals surface area contributed by atoms with Crippen molar-refractivity contribution in [2.24, 2.45) is 0 Å². The number of Topliss-reactive ketones (excluding diaryl/α,β-unsaturated/α-hetero) is 1. The molecule has 3 aliphatic heterocycles. The highest BCUT2D eigenvalue weighted by Crippen LogP contribution is 2.50. The number of hydrogen-bond acceptors (Lipinski definition) is 6. The van der Waals surface area contributed by atoms with Gasteiger partial charge in [-0.1, -0.05) is 0 Å².